The van der Waals surface area contributed by atoms with Gasteiger partial charge in [0.15, 0.2) is 0 Å². The fourth-order valence-corrected chi connectivity index (χ4v) is 4.43. The van der Waals surface area contributed by atoms with E-state index in [2.05, 4.69) is 6.92 Å². The van der Waals surface area contributed by atoms with E-state index in [9.17, 15) is 9.46 Å². The van der Waals surface area contributed by atoms with Crippen LogP contribution < -0.4 is 0 Å². The molecule has 5 heteroatoms. The summed E-state index contributed by atoms with van der Waals surface area (Å²) in [6.45, 7) is 6.03. The molecule has 0 aliphatic rings. The summed E-state index contributed by atoms with van der Waals surface area (Å²) in [5.74, 6) is 0. The molecule has 0 saturated heterocycles. The molecule has 0 amide bonds. The molecule has 0 aromatic rings. The Balaban J connectivity index is 3.15. The van der Waals surface area contributed by atoms with Crippen LogP contribution in [0.1, 0.15) is 136 Å². The third-order valence-electron chi connectivity index (χ3n) is 5.10. The largest absolute Gasteiger partial charge is 0.472 e. The van der Waals surface area contributed by atoms with Crippen molar-refractivity contribution in [2.75, 3.05) is 6.61 Å². The summed E-state index contributed by atoms with van der Waals surface area (Å²) in [5.41, 5.74) is 0. The third kappa shape index (κ3) is 22.4. The summed E-state index contributed by atoms with van der Waals surface area (Å²) < 4.78 is 21.3. The van der Waals surface area contributed by atoms with Gasteiger partial charge in [-0.1, -0.05) is 116 Å². The summed E-state index contributed by atoms with van der Waals surface area (Å²) in [5, 5.41) is 0. The maximum Gasteiger partial charge on any atom is 0.472 e. The molecule has 0 aromatic heterocycles. The predicted molar refractivity (Wildman–Crippen MR) is 121 cm³/mol. The number of rotatable bonds is 22. The Hall–Kier alpha value is 0.110. The second kappa shape index (κ2) is 20.4. The zero-order valence-electron chi connectivity index (χ0n) is 19.1. The number of hydrogen-bond acceptors (Lipinski definition) is 3. The van der Waals surface area contributed by atoms with Crippen molar-refractivity contribution in [2.24, 2.45) is 0 Å². The predicted octanol–water partition coefficient (Wildman–Crippen LogP) is 8.57. The summed E-state index contributed by atoms with van der Waals surface area (Å²) >= 11 is 0. The Morgan fingerprint density at radius 3 is 1.29 bits per heavy atom. The molecule has 170 valence electrons. The van der Waals surface area contributed by atoms with Gasteiger partial charge in [0.05, 0.1) is 12.7 Å². The lowest BCUT2D eigenvalue weighted by atomic mass is 10.0. The lowest BCUT2D eigenvalue weighted by molar-refractivity contribution is 0.119. The molecule has 0 fully saturated rings. The monoisotopic (exact) mass is 420 g/mol. The molecule has 0 aromatic carbocycles. The summed E-state index contributed by atoms with van der Waals surface area (Å²) in [6.07, 6.45) is 23.7. The molecule has 0 radical (unpaired) electrons. The Bertz CT molecular complexity index is 361. The van der Waals surface area contributed by atoms with Crippen LogP contribution in [0.4, 0.5) is 0 Å². The minimum absolute atomic E-state index is 0.295. The maximum atomic E-state index is 11.5. The van der Waals surface area contributed by atoms with Crippen molar-refractivity contribution in [3.63, 3.8) is 0 Å². The van der Waals surface area contributed by atoms with Gasteiger partial charge in [-0.05, 0) is 20.3 Å². The molecule has 0 heterocycles. The van der Waals surface area contributed by atoms with Gasteiger partial charge in [-0.3, -0.25) is 9.05 Å². The molecular weight excluding hydrogens is 371 g/mol. The summed E-state index contributed by atoms with van der Waals surface area (Å²) in [4.78, 5) is 9.44. The molecule has 28 heavy (non-hydrogen) atoms. The SMILES string of the molecule is CCCCCCCCCCCCCCCCCCCCOP(=O)(O)OC(C)C. The first-order valence-electron chi connectivity index (χ1n) is 12.1. The van der Waals surface area contributed by atoms with Crippen LogP contribution in [0.5, 0.6) is 0 Å². The van der Waals surface area contributed by atoms with E-state index in [0.717, 1.165) is 12.8 Å². The number of hydrogen-bond donors (Lipinski definition) is 1. The van der Waals surface area contributed by atoms with Crippen molar-refractivity contribution in [1.29, 1.82) is 0 Å². The van der Waals surface area contributed by atoms with E-state index in [4.69, 9.17) is 9.05 Å². The first-order valence-corrected chi connectivity index (χ1v) is 13.6. The molecule has 1 atom stereocenters. The lowest BCUT2D eigenvalue weighted by Gasteiger charge is -2.14. The molecule has 0 rings (SSSR count). The van der Waals surface area contributed by atoms with Gasteiger partial charge in [0, 0.05) is 0 Å². The molecule has 4 nitrogen and oxygen atoms in total. The second-order valence-corrected chi connectivity index (χ2v) is 9.87. The van der Waals surface area contributed by atoms with E-state index in [1.54, 1.807) is 13.8 Å². The van der Waals surface area contributed by atoms with Crippen LogP contribution in [-0.4, -0.2) is 17.6 Å². The first-order chi connectivity index (χ1) is 13.5. The topological polar surface area (TPSA) is 55.8 Å². The van der Waals surface area contributed by atoms with Gasteiger partial charge in [-0.2, -0.15) is 0 Å². The standard InChI is InChI=1S/C23H49O4P/c1-4-5-6-7-8-9-10-11-12-13-14-15-16-17-18-19-20-21-22-26-28(24,25)27-23(2)3/h23H,4-22H2,1-3H3,(H,24,25). The molecular formula is C23H49O4P. The maximum absolute atomic E-state index is 11.5. The van der Waals surface area contributed by atoms with Gasteiger partial charge in [-0.25, -0.2) is 4.57 Å². The van der Waals surface area contributed by atoms with Gasteiger partial charge in [0.1, 0.15) is 0 Å². The third-order valence-corrected chi connectivity index (χ3v) is 6.29. The minimum atomic E-state index is -3.84. The highest BCUT2D eigenvalue weighted by molar-refractivity contribution is 7.47. The average Bonchev–Trinajstić information content (AvgIpc) is 2.62. The minimum Gasteiger partial charge on any atom is -0.302 e. The fourth-order valence-electron chi connectivity index (χ4n) is 3.48. The molecule has 0 spiro atoms. The smallest absolute Gasteiger partial charge is 0.302 e. The fraction of sp³-hybridized carbons (Fsp3) is 1.00. The van der Waals surface area contributed by atoms with Crippen LogP contribution in [0.2, 0.25) is 0 Å². The van der Waals surface area contributed by atoms with E-state index in [0.29, 0.717) is 6.61 Å². The molecule has 0 aliphatic carbocycles. The van der Waals surface area contributed by atoms with Crippen LogP contribution in [0.3, 0.4) is 0 Å². The second-order valence-electron chi connectivity index (χ2n) is 8.47. The van der Waals surface area contributed by atoms with E-state index in [-0.39, 0.29) is 6.10 Å². The lowest BCUT2D eigenvalue weighted by Crippen LogP contribution is -2.03. The first kappa shape index (κ1) is 28.1. The Morgan fingerprint density at radius 2 is 0.964 bits per heavy atom. The van der Waals surface area contributed by atoms with Gasteiger partial charge < -0.3 is 4.89 Å². The molecule has 0 saturated carbocycles. The average molecular weight is 421 g/mol. The molecule has 1 unspecified atom stereocenters. The van der Waals surface area contributed by atoms with Crippen LogP contribution in [-0.2, 0) is 13.6 Å². The number of phosphoric acid groups is 1. The Morgan fingerprint density at radius 1 is 0.643 bits per heavy atom. The van der Waals surface area contributed by atoms with Crippen LogP contribution in [0.15, 0.2) is 0 Å². The van der Waals surface area contributed by atoms with Crippen LogP contribution in [0, 0.1) is 0 Å². The van der Waals surface area contributed by atoms with Gasteiger partial charge in [0.25, 0.3) is 0 Å². The zero-order chi connectivity index (χ0) is 20.9. The van der Waals surface area contributed by atoms with Gasteiger partial charge in [0.2, 0.25) is 0 Å². The zero-order valence-corrected chi connectivity index (χ0v) is 20.0. The highest BCUT2D eigenvalue weighted by Crippen LogP contribution is 2.44. The van der Waals surface area contributed by atoms with Crippen molar-refractivity contribution < 1.29 is 18.5 Å². The molecule has 0 aliphatic heterocycles. The molecule has 1 N–H and O–H groups in total. The highest BCUT2D eigenvalue weighted by atomic mass is 31.2. The van der Waals surface area contributed by atoms with Gasteiger partial charge >= 0.3 is 7.82 Å². The van der Waals surface area contributed by atoms with E-state index in [1.807, 2.05) is 0 Å². The Labute approximate surface area is 175 Å². The number of phosphoric ester groups is 1. The summed E-state index contributed by atoms with van der Waals surface area (Å²) in [6, 6.07) is 0. The van der Waals surface area contributed by atoms with E-state index in [1.165, 1.54) is 103 Å². The number of unbranched alkanes of at least 4 members (excludes halogenated alkanes) is 17. The van der Waals surface area contributed by atoms with Crippen molar-refractivity contribution in [2.45, 2.75) is 142 Å². The van der Waals surface area contributed by atoms with E-state index < -0.39 is 7.82 Å². The van der Waals surface area contributed by atoms with Gasteiger partial charge in [-0.15, -0.1) is 0 Å². The highest BCUT2D eigenvalue weighted by Gasteiger charge is 2.21. The van der Waals surface area contributed by atoms with Crippen molar-refractivity contribution in [3.8, 4) is 0 Å². The van der Waals surface area contributed by atoms with E-state index >= 15 is 0 Å². The van der Waals surface area contributed by atoms with Crippen LogP contribution in [0.25, 0.3) is 0 Å². The Kier molecular flexibility index (Phi) is 20.5. The van der Waals surface area contributed by atoms with Crippen LogP contribution >= 0.6 is 7.82 Å². The van der Waals surface area contributed by atoms with Crippen molar-refractivity contribution in [1.82, 2.24) is 0 Å². The van der Waals surface area contributed by atoms with Crippen molar-refractivity contribution in [3.05, 3.63) is 0 Å². The normalized spacial score (nSPS) is 13.9. The quantitative estimate of drug-likeness (QED) is 0.141. The molecule has 0 bridgehead atoms. The summed E-state index contributed by atoms with van der Waals surface area (Å²) in [7, 11) is -3.84. The van der Waals surface area contributed by atoms with Crippen molar-refractivity contribution >= 4 is 7.82 Å².